The van der Waals surface area contributed by atoms with Crippen molar-refractivity contribution in [2.75, 3.05) is 0 Å². The van der Waals surface area contributed by atoms with Crippen molar-refractivity contribution in [1.82, 2.24) is 4.90 Å². The van der Waals surface area contributed by atoms with Gasteiger partial charge in [0.2, 0.25) is 5.91 Å². The average Bonchev–Trinajstić information content (AvgIpc) is 2.49. The molecule has 1 aliphatic heterocycles. The van der Waals surface area contributed by atoms with Gasteiger partial charge in [0.25, 0.3) is 0 Å². The summed E-state index contributed by atoms with van der Waals surface area (Å²) in [7, 11) is 0. The summed E-state index contributed by atoms with van der Waals surface area (Å²) >= 11 is 6.00. The molecule has 1 amide bonds. The van der Waals surface area contributed by atoms with Gasteiger partial charge in [-0.3, -0.25) is 9.69 Å². The number of likely N-dealkylation sites (tertiary alicyclic amines) is 1. The van der Waals surface area contributed by atoms with Crippen LogP contribution in [0.4, 0.5) is 0 Å². The van der Waals surface area contributed by atoms with Crippen LogP contribution in [-0.2, 0) is 20.9 Å². The highest BCUT2D eigenvalue weighted by atomic mass is 35.5. The van der Waals surface area contributed by atoms with E-state index in [1.807, 2.05) is 30.3 Å². The van der Waals surface area contributed by atoms with E-state index in [9.17, 15) is 9.59 Å². The Morgan fingerprint density at radius 1 is 1.33 bits per heavy atom. The van der Waals surface area contributed by atoms with Crippen LogP contribution in [0.5, 0.6) is 0 Å². The van der Waals surface area contributed by atoms with Gasteiger partial charge in [0.15, 0.2) is 0 Å². The second-order valence-corrected chi connectivity index (χ2v) is 5.46. The molecule has 5 nitrogen and oxygen atoms in total. The maximum Gasteiger partial charge on any atom is 0.355 e. The Balaban J connectivity index is 2.08. The fourth-order valence-corrected chi connectivity index (χ4v) is 2.35. The van der Waals surface area contributed by atoms with E-state index >= 15 is 0 Å². The lowest BCUT2D eigenvalue weighted by molar-refractivity contribution is -0.151. The first-order valence-electron chi connectivity index (χ1n) is 6.54. The van der Waals surface area contributed by atoms with E-state index in [0.717, 1.165) is 5.56 Å². The Kier molecular flexibility index (Phi) is 4.65. The summed E-state index contributed by atoms with van der Waals surface area (Å²) in [4.78, 5) is 25.2. The van der Waals surface area contributed by atoms with Crippen molar-refractivity contribution < 1.29 is 14.3 Å². The zero-order valence-electron chi connectivity index (χ0n) is 11.9. The van der Waals surface area contributed by atoms with Crippen LogP contribution in [0, 0.1) is 0 Å². The molecule has 0 saturated carbocycles. The van der Waals surface area contributed by atoms with Crippen LogP contribution >= 0.6 is 11.6 Å². The molecule has 1 unspecified atom stereocenters. The number of β-lactam (4-membered cyclic amide) rings is 1. The lowest BCUT2D eigenvalue weighted by atomic mass is 10.1. The van der Waals surface area contributed by atoms with Crippen LogP contribution < -0.4 is 5.73 Å². The van der Waals surface area contributed by atoms with E-state index < -0.39 is 17.5 Å². The Morgan fingerprint density at radius 3 is 2.48 bits per heavy atom. The number of alkyl halides is 1. The minimum absolute atomic E-state index is 0.136. The third kappa shape index (κ3) is 3.09. The minimum Gasteiger partial charge on any atom is -0.456 e. The predicted octanol–water partition coefficient (Wildman–Crippen LogP) is 1.76. The highest BCUT2D eigenvalue weighted by Crippen LogP contribution is 2.29. The summed E-state index contributed by atoms with van der Waals surface area (Å²) in [6.45, 7) is 3.58. The fourth-order valence-electron chi connectivity index (χ4n) is 2.05. The number of amides is 1. The molecule has 2 atom stereocenters. The first-order valence-corrected chi connectivity index (χ1v) is 6.98. The molecule has 1 aromatic carbocycles. The molecule has 1 aromatic rings. The van der Waals surface area contributed by atoms with Crippen molar-refractivity contribution in [3.63, 3.8) is 0 Å². The van der Waals surface area contributed by atoms with Crippen molar-refractivity contribution in [2.24, 2.45) is 5.73 Å². The van der Waals surface area contributed by atoms with Crippen molar-refractivity contribution in [3.8, 4) is 0 Å². The molecule has 1 heterocycles. The monoisotopic (exact) mass is 308 g/mol. The number of ether oxygens (including phenoxy) is 1. The van der Waals surface area contributed by atoms with E-state index in [0.29, 0.717) is 5.57 Å². The molecule has 112 valence electrons. The van der Waals surface area contributed by atoms with Gasteiger partial charge in [-0.2, -0.15) is 0 Å². The second-order valence-electron chi connectivity index (χ2n) is 5.02. The number of allylic oxidation sites excluding steroid dienone is 1. The Bertz CT molecular complexity index is 582. The molecule has 1 aliphatic rings. The predicted molar refractivity (Wildman–Crippen MR) is 79.1 cm³/mol. The number of carbonyl (C=O) groups excluding carboxylic acids is 2. The van der Waals surface area contributed by atoms with E-state index in [-0.39, 0.29) is 18.2 Å². The summed E-state index contributed by atoms with van der Waals surface area (Å²) in [5.41, 5.74) is 6.53. The Hall–Kier alpha value is -1.85. The van der Waals surface area contributed by atoms with E-state index in [2.05, 4.69) is 0 Å². The average molecular weight is 309 g/mol. The molecule has 0 aliphatic carbocycles. The van der Waals surface area contributed by atoms with Crippen LogP contribution in [0.25, 0.3) is 0 Å². The number of carbonyl (C=O) groups is 2. The third-order valence-corrected chi connectivity index (χ3v) is 3.65. The second kappa shape index (κ2) is 6.28. The Labute approximate surface area is 128 Å². The molecule has 21 heavy (non-hydrogen) atoms. The molecule has 0 spiro atoms. The number of rotatable bonds is 4. The SMILES string of the molecule is CC(C)=C(C(=O)OCc1ccccc1)N1C(=O)[C@H](N)C1Cl. The van der Waals surface area contributed by atoms with Crippen LogP contribution in [0.2, 0.25) is 0 Å². The first-order chi connectivity index (χ1) is 9.93. The largest absolute Gasteiger partial charge is 0.456 e. The number of esters is 1. The van der Waals surface area contributed by atoms with Gasteiger partial charge in [0, 0.05) is 0 Å². The van der Waals surface area contributed by atoms with Gasteiger partial charge in [-0.05, 0) is 25.0 Å². The molecular formula is C15H17ClN2O3. The molecule has 6 heteroatoms. The molecule has 0 bridgehead atoms. The van der Waals surface area contributed by atoms with Gasteiger partial charge >= 0.3 is 5.97 Å². The number of benzene rings is 1. The molecular weight excluding hydrogens is 292 g/mol. The lowest BCUT2D eigenvalue weighted by Crippen LogP contribution is -2.66. The summed E-state index contributed by atoms with van der Waals surface area (Å²) in [5.74, 6) is -0.951. The zero-order valence-corrected chi connectivity index (χ0v) is 12.6. The summed E-state index contributed by atoms with van der Waals surface area (Å²) in [6.07, 6.45) is 0. The first kappa shape index (κ1) is 15.5. The van der Waals surface area contributed by atoms with Crippen LogP contribution in [0.3, 0.4) is 0 Å². The molecule has 0 aromatic heterocycles. The minimum atomic E-state index is -0.775. The standard InChI is InChI=1S/C15H17ClN2O3/c1-9(2)12(18-13(16)11(17)14(18)19)15(20)21-8-10-6-4-3-5-7-10/h3-7,11,13H,8,17H2,1-2H3/t11-,13?/m1/s1. The number of hydrogen-bond donors (Lipinski definition) is 1. The third-order valence-electron chi connectivity index (χ3n) is 3.19. The maximum absolute atomic E-state index is 12.2. The van der Waals surface area contributed by atoms with Crippen molar-refractivity contribution >= 4 is 23.5 Å². The summed E-state index contributed by atoms with van der Waals surface area (Å²) < 4.78 is 5.25. The van der Waals surface area contributed by atoms with Gasteiger partial charge in [-0.1, -0.05) is 41.9 Å². The van der Waals surface area contributed by atoms with Gasteiger partial charge in [-0.15, -0.1) is 0 Å². The van der Waals surface area contributed by atoms with Gasteiger partial charge in [0.1, 0.15) is 23.8 Å². The summed E-state index contributed by atoms with van der Waals surface area (Å²) in [5, 5.41) is 0. The fraction of sp³-hybridized carbons (Fsp3) is 0.333. The van der Waals surface area contributed by atoms with Gasteiger partial charge < -0.3 is 10.5 Å². The van der Waals surface area contributed by atoms with Gasteiger partial charge in [-0.25, -0.2) is 4.79 Å². The van der Waals surface area contributed by atoms with Gasteiger partial charge in [0.05, 0.1) is 0 Å². The van der Waals surface area contributed by atoms with Crippen LogP contribution in [0.15, 0.2) is 41.6 Å². The van der Waals surface area contributed by atoms with Crippen molar-refractivity contribution in [3.05, 3.63) is 47.2 Å². The zero-order chi connectivity index (χ0) is 15.6. The number of nitrogens with zero attached hydrogens (tertiary/aromatic N) is 1. The number of nitrogens with two attached hydrogens (primary N) is 1. The summed E-state index contributed by atoms with van der Waals surface area (Å²) in [6, 6.07) is 8.53. The quantitative estimate of drug-likeness (QED) is 0.302. The van der Waals surface area contributed by atoms with Crippen LogP contribution in [-0.4, -0.2) is 28.3 Å². The number of hydrogen-bond acceptors (Lipinski definition) is 4. The molecule has 0 radical (unpaired) electrons. The van der Waals surface area contributed by atoms with Crippen LogP contribution in [0.1, 0.15) is 19.4 Å². The van der Waals surface area contributed by atoms with Crippen molar-refractivity contribution in [1.29, 1.82) is 0 Å². The molecule has 1 saturated heterocycles. The normalized spacial score (nSPS) is 20.8. The molecule has 2 N–H and O–H groups in total. The number of halogens is 1. The highest BCUT2D eigenvalue weighted by molar-refractivity contribution is 6.27. The van der Waals surface area contributed by atoms with E-state index in [1.165, 1.54) is 4.90 Å². The topological polar surface area (TPSA) is 72.6 Å². The van der Waals surface area contributed by atoms with E-state index in [4.69, 9.17) is 22.1 Å². The van der Waals surface area contributed by atoms with E-state index in [1.54, 1.807) is 13.8 Å². The smallest absolute Gasteiger partial charge is 0.355 e. The lowest BCUT2D eigenvalue weighted by Gasteiger charge is -2.42. The Morgan fingerprint density at radius 2 is 1.95 bits per heavy atom. The molecule has 1 fully saturated rings. The maximum atomic E-state index is 12.2. The molecule has 2 rings (SSSR count). The highest BCUT2D eigenvalue weighted by Gasteiger charge is 2.48. The van der Waals surface area contributed by atoms with Crippen molar-refractivity contribution in [2.45, 2.75) is 32.0 Å².